The minimum absolute atomic E-state index is 0.119. The van der Waals surface area contributed by atoms with E-state index in [1.54, 1.807) is 12.1 Å². The number of rotatable bonds is 5. The van der Waals surface area contributed by atoms with Crippen molar-refractivity contribution in [2.24, 2.45) is 5.73 Å². The Morgan fingerprint density at radius 1 is 1.04 bits per heavy atom. The number of carbonyl (C=O) groups is 2. The molecule has 0 atom stereocenters. The van der Waals surface area contributed by atoms with Crippen LogP contribution in [0.5, 0.6) is 0 Å². The molecule has 1 aliphatic rings. The minimum atomic E-state index is -0.426. The van der Waals surface area contributed by atoms with Gasteiger partial charge in [-0.1, -0.05) is 36.4 Å². The van der Waals surface area contributed by atoms with Crippen LogP contribution in [0, 0.1) is 0 Å². The number of benzene rings is 2. The van der Waals surface area contributed by atoms with Gasteiger partial charge in [-0.25, -0.2) is 0 Å². The number of primary amides is 1. The molecule has 0 saturated heterocycles. The van der Waals surface area contributed by atoms with Crippen LogP contribution in [0.2, 0.25) is 0 Å². The van der Waals surface area contributed by atoms with Crippen LogP contribution in [0.3, 0.4) is 0 Å². The van der Waals surface area contributed by atoms with E-state index in [9.17, 15) is 9.59 Å². The van der Waals surface area contributed by atoms with Gasteiger partial charge in [-0.2, -0.15) is 0 Å². The van der Waals surface area contributed by atoms with E-state index in [-0.39, 0.29) is 5.91 Å². The van der Waals surface area contributed by atoms with Crippen LogP contribution in [-0.4, -0.2) is 18.4 Å². The SMILES string of the molecule is NC(=O)c1cccc2c1CCCN2C(=O)CCCc1ccccc1. The third kappa shape index (κ3) is 3.48. The second kappa shape index (κ2) is 7.30. The fourth-order valence-corrected chi connectivity index (χ4v) is 3.34. The number of anilines is 1. The quantitative estimate of drug-likeness (QED) is 0.919. The number of amides is 2. The van der Waals surface area contributed by atoms with Crippen LogP contribution in [0.15, 0.2) is 48.5 Å². The lowest BCUT2D eigenvalue weighted by molar-refractivity contribution is -0.118. The zero-order valence-corrected chi connectivity index (χ0v) is 13.7. The van der Waals surface area contributed by atoms with E-state index in [4.69, 9.17) is 5.73 Å². The number of hydrogen-bond donors (Lipinski definition) is 1. The Balaban J connectivity index is 1.69. The molecule has 4 heteroatoms. The highest BCUT2D eigenvalue weighted by atomic mass is 16.2. The van der Waals surface area contributed by atoms with Gasteiger partial charge < -0.3 is 10.6 Å². The molecule has 0 unspecified atom stereocenters. The first-order valence-electron chi connectivity index (χ1n) is 8.43. The van der Waals surface area contributed by atoms with Crippen LogP contribution in [-0.2, 0) is 17.6 Å². The van der Waals surface area contributed by atoms with E-state index in [0.29, 0.717) is 18.5 Å². The van der Waals surface area contributed by atoms with Crippen molar-refractivity contribution in [3.8, 4) is 0 Å². The maximum Gasteiger partial charge on any atom is 0.249 e. The molecule has 4 nitrogen and oxygen atoms in total. The first-order chi connectivity index (χ1) is 11.7. The molecule has 2 aromatic rings. The van der Waals surface area contributed by atoms with Crippen LogP contribution in [0.1, 0.15) is 40.7 Å². The zero-order chi connectivity index (χ0) is 16.9. The first-order valence-corrected chi connectivity index (χ1v) is 8.43. The fourth-order valence-electron chi connectivity index (χ4n) is 3.34. The van der Waals surface area contributed by atoms with Gasteiger partial charge in [-0.3, -0.25) is 9.59 Å². The van der Waals surface area contributed by atoms with E-state index < -0.39 is 5.91 Å². The molecule has 0 saturated carbocycles. The van der Waals surface area contributed by atoms with Gasteiger partial charge in [0.2, 0.25) is 11.8 Å². The molecule has 0 fully saturated rings. The number of nitrogens with two attached hydrogens (primary N) is 1. The molecule has 3 rings (SSSR count). The highest BCUT2D eigenvalue weighted by Crippen LogP contribution is 2.30. The summed E-state index contributed by atoms with van der Waals surface area (Å²) < 4.78 is 0. The highest BCUT2D eigenvalue weighted by molar-refractivity contribution is 6.00. The van der Waals surface area contributed by atoms with E-state index in [1.807, 2.05) is 29.2 Å². The third-order valence-corrected chi connectivity index (χ3v) is 4.52. The Bertz CT molecular complexity index is 741. The third-order valence-electron chi connectivity index (χ3n) is 4.52. The summed E-state index contributed by atoms with van der Waals surface area (Å²) in [5, 5.41) is 0. The van der Waals surface area contributed by atoms with Gasteiger partial charge in [-0.15, -0.1) is 0 Å². The zero-order valence-electron chi connectivity index (χ0n) is 13.7. The maximum absolute atomic E-state index is 12.6. The summed E-state index contributed by atoms with van der Waals surface area (Å²) in [6, 6.07) is 15.6. The van der Waals surface area contributed by atoms with Crippen molar-refractivity contribution in [1.29, 1.82) is 0 Å². The lowest BCUT2D eigenvalue weighted by atomic mass is 9.95. The molecule has 2 N–H and O–H groups in total. The summed E-state index contributed by atoms with van der Waals surface area (Å²) in [5.41, 5.74) is 9.01. The van der Waals surface area contributed by atoms with Crippen LogP contribution < -0.4 is 10.6 Å². The topological polar surface area (TPSA) is 63.4 Å². The average Bonchev–Trinajstić information content (AvgIpc) is 2.61. The van der Waals surface area contributed by atoms with Crippen molar-refractivity contribution in [2.45, 2.75) is 32.1 Å². The largest absolute Gasteiger partial charge is 0.366 e. The Morgan fingerprint density at radius 2 is 1.83 bits per heavy atom. The normalized spacial score (nSPS) is 13.4. The molecule has 1 aliphatic heterocycles. The molecule has 0 radical (unpaired) electrons. The summed E-state index contributed by atoms with van der Waals surface area (Å²) in [6.07, 6.45) is 3.89. The predicted molar refractivity (Wildman–Crippen MR) is 95.0 cm³/mol. The van der Waals surface area contributed by atoms with Crippen molar-refractivity contribution in [3.63, 3.8) is 0 Å². The van der Waals surface area contributed by atoms with Crippen molar-refractivity contribution in [3.05, 3.63) is 65.2 Å². The molecule has 1 heterocycles. The monoisotopic (exact) mass is 322 g/mol. The second-order valence-electron chi connectivity index (χ2n) is 6.16. The Hall–Kier alpha value is -2.62. The minimum Gasteiger partial charge on any atom is -0.366 e. The van der Waals surface area contributed by atoms with Crippen molar-refractivity contribution < 1.29 is 9.59 Å². The molecule has 24 heavy (non-hydrogen) atoms. The Kier molecular flexibility index (Phi) is 4.94. The summed E-state index contributed by atoms with van der Waals surface area (Å²) >= 11 is 0. The number of hydrogen-bond acceptors (Lipinski definition) is 2. The summed E-state index contributed by atoms with van der Waals surface area (Å²) in [6.45, 7) is 0.708. The van der Waals surface area contributed by atoms with Crippen molar-refractivity contribution >= 4 is 17.5 Å². The van der Waals surface area contributed by atoms with Crippen LogP contribution in [0.25, 0.3) is 0 Å². The van der Waals surface area contributed by atoms with Gasteiger partial charge in [0.05, 0.1) is 0 Å². The lowest BCUT2D eigenvalue weighted by Gasteiger charge is -2.30. The molecular formula is C20H22N2O2. The number of fused-ring (bicyclic) bond motifs is 1. The molecule has 0 bridgehead atoms. The lowest BCUT2D eigenvalue weighted by Crippen LogP contribution is -2.36. The molecule has 2 amide bonds. The second-order valence-corrected chi connectivity index (χ2v) is 6.16. The first kappa shape index (κ1) is 16.2. The average molecular weight is 322 g/mol. The molecule has 2 aromatic carbocycles. The van der Waals surface area contributed by atoms with Gasteiger partial charge in [0.25, 0.3) is 0 Å². The Labute approximate surface area is 142 Å². The van der Waals surface area contributed by atoms with Crippen LogP contribution in [0.4, 0.5) is 5.69 Å². The van der Waals surface area contributed by atoms with E-state index in [0.717, 1.165) is 36.9 Å². The molecule has 0 aliphatic carbocycles. The highest BCUT2D eigenvalue weighted by Gasteiger charge is 2.25. The summed E-state index contributed by atoms with van der Waals surface area (Å²) in [7, 11) is 0. The summed E-state index contributed by atoms with van der Waals surface area (Å²) in [5.74, 6) is -0.307. The van der Waals surface area contributed by atoms with E-state index >= 15 is 0 Å². The van der Waals surface area contributed by atoms with Crippen molar-refractivity contribution in [1.82, 2.24) is 0 Å². The van der Waals surface area contributed by atoms with Crippen molar-refractivity contribution in [2.75, 3.05) is 11.4 Å². The van der Waals surface area contributed by atoms with Gasteiger partial charge in [-0.05, 0) is 48.9 Å². The summed E-state index contributed by atoms with van der Waals surface area (Å²) in [4.78, 5) is 26.1. The molecule has 0 spiro atoms. The van der Waals surface area contributed by atoms with Gasteiger partial charge in [0.1, 0.15) is 0 Å². The molecule has 124 valence electrons. The smallest absolute Gasteiger partial charge is 0.249 e. The standard InChI is InChI=1S/C20H22N2O2/c21-20(24)17-10-5-12-18-16(17)11-6-14-22(18)19(23)13-4-9-15-7-2-1-3-8-15/h1-3,5,7-8,10,12H,4,6,9,11,13-14H2,(H2,21,24). The van der Waals surface area contributed by atoms with Gasteiger partial charge in [0, 0.05) is 24.2 Å². The van der Waals surface area contributed by atoms with E-state index in [1.165, 1.54) is 5.56 Å². The number of nitrogens with zero attached hydrogens (tertiary/aromatic N) is 1. The maximum atomic E-state index is 12.6. The Morgan fingerprint density at radius 3 is 2.58 bits per heavy atom. The number of aryl methyl sites for hydroxylation is 1. The van der Waals surface area contributed by atoms with Gasteiger partial charge >= 0.3 is 0 Å². The van der Waals surface area contributed by atoms with Crippen LogP contribution >= 0.6 is 0 Å². The van der Waals surface area contributed by atoms with E-state index in [2.05, 4.69) is 12.1 Å². The van der Waals surface area contributed by atoms with Gasteiger partial charge in [0.15, 0.2) is 0 Å². The predicted octanol–water partition coefficient (Wildman–Crippen LogP) is 3.09. The number of carbonyl (C=O) groups excluding carboxylic acids is 2. The fraction of sp³-hybridized carbons (Fsp3) is 0.300. The molecular weight excluding hydrogens is 300 g/mol. The molecule has 0 aromatic heterocycles.